The number of likely N-dealkylation sites (tertiary alicyclic amines) is 1. The van der Waals surface area contributed by atoms with Crippen LogP contribution in [-0.4, -0.2) is 87.1 Å². The monoisotopic (exact) mass is 757 g/mol. The Labute approximate surface area is 322 Å². The zero-order valence-electron chi connectivity index (χ0n) is 32.3. The Kier molecular flexibility index (Phi) is 13.8. The molecule has 0 saturated carbocycles. The molecule has 6 atom stereocenters. The third kappa shape index (κ3) is 9.81. The molecule has 3 amide bonds. The van der Waals surface area contributed by atoms with E-state index in [1.54, 1.807) is 10.3 Å². The van der Waals surface area contributed by atoms with Crippen molar-refractivity contribution in [2.75, 3.05) is 13.6 Å². The number of rotatable bonds is 15. The minimum absolute atomic E-state index is 0.0174. The first-order valence-corrected chi connectivity index (χ1v) is 20.1. The van der Waals surface area contributed by atoms with E-state index in [4.69, 9.17) is 0 Å². The number of hydrogen-bond donors (Lipinski definition) is 3. The van der Waals surface area contributed by atoms with Crippen molar-refractivity contribution in [1.29, 1.82) is 0 Å². The fraction of sp³-hybridized carbons (Fsp3) is 0.524. The van der Waals surface area contributed by atoms with Gasteiger partial charge in [-0.15, -0.1) is 11.3 Å². The van der Waals surface area contributed by atoms with Crippen LogP contribution in [0.1, 0.15) is 115 Å². The number of fused-ring (bicyclic) bond motifs is 1. The van der Waals surface area contributed by atoms with Crippen LogP contribution in [0.15, 0.2) is 53.9 Å². The molecule has 1 aliphatic heterocycles. The molecule has 2 aliphatic rings. The Morgan fingerprint density at radius 1 is 1.06 bits per heavy atom. The van der Waals surface area contributed by atoms with Crippen molar-refractivity contribution >= 4 is 40.8 Å². The molecule has 3 N–H and O–H groups in total. The van der Waals surface area contributed by atoms with Gasteiger partial charge in [0.1, 0.15) is 11.7 Å². The number of carbonyl (C=O) groups excluding carboxylic acids is 4. The van der Waals surface area contributed by atoms with Gasteiger partial charge < -0.3 is 20.6 Å². The largest absolute Gasteiger partial charge is 0.481 e. The molecule has 1 saturated heterocycles. The van der Waals surface area contributed by atoms with Crippen molar-refractivity contribution in [3.8, 4) is 0 Å². The number of carboxylic acid groups (broad SMARTS) is 1. The molecular weight excluding hydrogens is 703 g/mol. The molecule has 1 aromatic heterocycles. The minimum Gasteiger partial charge on any atom is -0.481 e. The first-order valence-electron chi connectivity index (χ1n) is 19.2. The molecule has 2 aromatic carbocycles. The number of aromatic nitrogens is 1. The summed E-state index contributed by atoms with van der Waals surface area (Å²) in [7, 11) is 1.95. The van der Waals surface area contributed by atoms with Gasteiger partial charge in [-0.05, 0) is 74.7 Å². The SMILES string of the molecule is CCC(C)C(NC(=O)C1CCCCN1C)C(=O)N(Cc1ccccc1)[C@H](CC(=O)c1nc(C(=O)N[C@H]2Cc3ccc(C)cc3[C@H](C(=O)O)C2)cs1)C(C)C. The van der Waals surface area contributed by atoms with Gasteiger partial charge in [0.15, 0.2) is 10.8 Å². The van der Waals surface area contributed by atoms with Gasteiger partial charge in [0.2, 0.25) is 11.8 Å². The van der Waals surface area contributed by atoms with Gasteiger partial charge in [-0.3, -0.25) is 28.9 Å². The number of ketones is 1. The predicted molar refractivity (Wildman–Crippen MR) is 209 cm³/mol. The van der Waals surface area contributed by atoms with Crippen LogP contribution in [-0.2, 0) is 27.3 Å². The second kappa shape index (κ2) is 18.3. The minimum atomic E-state index is -0.934. The van der Waals surface area contributed by atoms with E-state index in [0.717, 1.165) is 59.4 Å². The molecule has 2 heterocycles. The van der Waals surface area contributed by atoms with E-state index in [9.17, 15) is 29.1 Å². The molecule has 0 spiro atoms. The van der Waals surface area contributed by atoms with Crippen molar-refractivity contribution < 1.29 is 29.1 Å². The highest BCUT2D eigenvalue weighted by Gasteiger charge is 2.38. The van der Waals surface area contributed by atoms with E-state index in [1.807, 2.05) is 90.2 Å². The number of carboxylic acids is 1. The van der Waals surface area contributed by atoms with E-state index in [0.29, 0.717) is 12.8 Å². The zero-order valence-corrected chi connectivity index (χ0v) is 33.2. The number of nitrogens with one attached hydrogen (secondary N) is 2. The zero-order chi connectivity index (χ0) is 39.1. The Hall–Kier alpha value is -4.42. The standard InChI is InChI=1S/C42H55N5O6S/c1-7-27(5)37(45-39(50)34-15-11-12-18-46(34)6)41(51)47(23-28-13-9-8-10-14-28)35(25(2)3)22-36(48)40-44-33(24-54-40)38(49)43-30-20-29-17-16-26(4)19-31(29)32(21-30)42(52)53/h8-10,13-14,16-17,19,24-25,27,30,32,34-35,37H,7,11-12,15,18,20-23H2,1-6H3,(H,43,49)(H,45,50)(H,52,53)/t27?,30-,32+,34?,35+,37?/m0/s1. The molecule has 54 heavy (non-hydrogen) atoms. The number of Topliss-reactive ketones (excluding diaryl/α,β-unsaturated/α-hetero) is 1. The average molecular weight is 758 g/mol. The molecule has 1 aliphatic carbocycles. The Bertz CT molecular complexity index is 1810. The summed E-state index contributed by atoms with van der Waals surface area (Å²) in [6.45, 7) is 10.9. The Balaban J connectivity index is 1.34. The highest BCUT2D eigenvalue weighted by atomic mass is 32.1. The maximum Gasteiger partial charge on any atom is 0.311 e. The van der Waals surface area contributed by atoms with Gasteiger partial charge >= 0.3 is 5.97 Å². The molecule has 11 nitrogen and oxygen atoms in total. The van der Waals surface area contributed by atoms with Crippen molar-refractivity contribution in [2.24, 2.45) is 11.8 Å². The summed E-state index contributed by atoms with van der Waals surface area (Å²) in [6.07, 6.45) is 4.15. The number of nitrogens with zero attached hydrogens (tertiary/aromatic N) is 3. The third-order valence-electron chi connectivity index (χ3n) is 11.2. The van der Waals surface area contributed by atoms with Crippen LogP contribution < -0.4 is 10.6 Å². The maximum absolute atomic E-state index is 14.7. The lowest BCUT2D eigenvalue weighted by Gasteiger charge is -2.39. The third-order valence-corrected chi connectivity index (χ3v) is 12.0. The van der Waals surface area contributed by atoms with Crippen molar-refractivity contribution in [2.45, 2.75) is 116 Å². The Morgan fingerprint density at radius 2 is 1.80 bits per heavy atom. The van der Waals surface area contributed by atoms with Crippen LogP contribution in [0.2, 0.25) is 0 Å². The quantitative estimate of drug-likeness (QED) is 0.160. The molecule has 0 radical (unpaired) electrons. The number of thiazole rings is 1. The summed E-state index contributed by atoms with van der Waals surface area (Å²) in [5.74, 6) is -3.07. The molecule has 1 fully saturated rings. The molecule has 3 unspecified atom stereocenters. The van der Waals surface area contributed by atoms with Gasteiger partial charge in [0, 0.05) is 30.4 Å². The van der Waals surface area contributed by atoms with E-state index < -0.39 is 35.9 Å². The molecule has 3 aromatic rings. The lowest BCUT2D eigenvalue weighted by Crippen LogP contribution is -2.58. The fourth-order valence-corrected chi connectivity index (χ4v) is 8.48. The smallest absolute Gasteiger partial charge is 0.311 e. The number of amides is 3. The summed E-state index contributed by atoms with van der Waals surface area (Å²) in [6, 6.07) is 13.4. The van der Waals surface area contributed by atoms with Crippen molar-refractivity contribution in [1.82, 2.24) is 25.4 Å². The van der Waals surface area contributed by atoms with E-state index in [2.05, 4.69) is 20.5 Å². The van der Waals surface area contributed by atoms with Crippen LogP contribution >= 0.6 is 11.3 Å². The number of benzene rings is 2. The average Bonchev–Trinajstić information content (AvgIpc) is 3.66. The number of piperidine rings is 1. The topological polar surface area (TPSA) is 149 Å². The second-order valence-corrected chi connectivity index (χ2v) is 16.4. The summed E-state index contributed by atoms with van der Waals surface area (Å²) in [4.78, 5) is 76.1. The predicted octanol–water partition coefficient (Wildman–Crippen LogP) is 6.01. The number of hydrogen-bond acceptors (Lipinski definition) is 8. The number of likely N-dealkylation sites (N-methyl/N-ethyl adjacent to an activating group) is 1. The summed E-state index contributed by atoms with van der Waals surface area (Å²) < 4.78 is 0. The highest BCUT2D eigenvalue weighted by molar-refractivity contribution is 7.12. The van der Waals surface area contributed by atoms with Crippen LogP contribution in [0.3, 0.4) is 0 Å². The molecule has 0 bridgehead atoms. The normalized spacial score (nSPS) is 20.3. The van der Waals surface area contributed by atoms with Gasteiger partial charge in [0.05, 0.1) is 12.0 Å². The van der Waals surface area contributed by atoms with Gasteiger partial charge in [-0.25, -0.2) is 4.98 Å². The summed E-state index contributed by atoms with van der Waals surface area (Å²) >= 11 is 1.08. The van der Waals surface area contributed by atoms with Crippen LogP contribution in [0, 0.1) is 18.8 Å². The molecule has 12 heteroatoms. The van der Waals surface area contributed by atoms with Crippen LogP contribution in [0.25, 0.3) is 0 Å². The number of aliphatic carboxylic acids is 1. The lowest BCUT2D eigenvalue weighted by molar-refractivity contribution is -0.142. The number of carbonyl (C=O) groups is 5. The van der Waals surface area contributed by atoms with Crippen LogP contribution in [0.4, 0.5) is 0 Å². The van der Waals surface area contributed by atoms with Gasteiger partial charge in [-0.1, -0.05) is 94.6 Å². The summed E-state index contributed by atoms with van der Waals surface area (Å²) in [5.41, 5.74) is 3.66. The first kappa shape index (κ1) is 40.8. The van der Waals surface area contributed by atoms with Crippen molar-refractivity contribution in [3.05, 3.63) is 86.9 Å². The number of aryl methyl sites for hydroxylation is 1. The highest BCUT2D eigenvalue weighted by Crippen LogP contribution is 2.33. The van der Waals surface area contributed by atoms with Gasteiger partial charge in [0.25, 0.3) is 5.91 Å². The molecular formula is C42H55N5O6S. The van der Waals surface area contributed by atoms with Crippen LogP contribution in [0.5, 0.6) is 0 Å². The fourth-order valence-electron chi connectivity index (χ4n) is 7.73. The van der Waals surface area contributed by atoms with Gasteiger partial charge in [-0.2, -0.15) is 0 Å². The Morgan fingerprint density at radius 3 is 2.46 bits per heavy atom. The molecule has 290 valence electrons. The van der Waals surface area contributed by atoms with E-state index in [1.165, 1.54) is 0 Å². The van der Waals surface area contributed by atoms with E-state index in [-0.39, 0.29) is 65.6 Å². The van der Waals surface area contributed by atoms with E-state index >= 15 is 0 Å². The molecule has 5 rings (SSSR count). The first-order chi connectivity index (χ1) is 25.8. The second-order valence-electron chi connectivity index (χ2n) is 15.5. The maximum atomic E-state index is 14.7. The van der Waals surface area contributed by atoms with Crippen molar-refractivity contribution in [3.63, 3.8) is 0 Å². The lowest BCUT2D eigenvalue weighted by atomic mass is 9.79. The summed E-state index contributed by atoms with van der Waals surface area (Å²) in [5, 5.41) is 17.7.